The van der Waals surface area contributed by atoms with Crippen molar-refractivity contribution in [1.82, 2.24) is 4.90 Å². The van der Waals surface area contributed by atoms with Crippen molar-refractivity contribution in [3.8, 4) is 0 Å². The van der Waals surface area contributed by atoms with Crippen LogP contribution in [0.25, 0.3) is 0 Å². The number of carbonyl (C=O) groups excluding carboxylic acids is 2. The van der Waals surface area contributed by atoms with Crippen LogP contribution in [-0.4, -0.2) is 29.8 Å². The molecule has 2 heterocycles. The Morgan fingerprint density at radius 3 is 2.86 bits per heavy atom. The number of rotatable bonds is 1. The Labute approximate surface area is 125 Å². The molecule has 1 atom stereocenters. The fourth-order valence-corrected chi connectivity index (χ4v) is 3.26. The smallest absolute Gasteiger partial charge is 0.253 e. The summed E-state index contributed by atoms with van der Waals surface area (Å²) in [5.74, 6) is 0.644. The molecule has 1 saturated heterocycles. The second kappa shape index (κ2) is 4.86. The zero-order valence-corrected chi connectivity index (χ0v) is 12.9. The molecule has 0 aliphatic carbocycles. The van der Waals surface area contributed by atoms with Gasteiger partial charge >= 0.3 is 0 Å². The third-order valence-electron chi connectivity index (χ3n) is 4.70. The fourth-order valence-electron chi connectivity index (χ4n) is 3.26. The monoisotopic (exact) mass is 286 g/mol. The van der Waals surface area contributed by atoms with Crippen LogP contribution in [0, 0.1) is 5.92 Å². The number of anilines is 1. The van der Waals surface area contributed by atoms with Gasteiger partial charge in [-0.05, 0) is 56.4 Å². The van der Waals surface area contributed by atoms with Crippen molar-refractivity contribution in [2.75, 3.05) is 18.4 Å². The molecule has 1 aromatic rings. The first kappa shape index (κ1) is 14.1. The van der Waals surface area contributed by atoms with Crippen LogP contribution >= 0.6 is 0 Å². The first-order valence-corrected chi connectivity index (χ1v) is 7.65. The SMILES string of the molecule is CC1CCCN(C(=O)c2ccc3c(c2)C(C)(C)C(=O)N3)C1. The van der Waals surface area contributed by atoms with Gasteiger partial charge in [0.05, 0.1) is 5.41 Å². The molecule has 4 nitrogen and oxygen atoms in total. The number of hydrogen-bond acceptors (Lipinski definition) is 2. The number of amides is 2. The number of nitrogens with one attached hydrogen (secondary N) is 1. The van der Waals surface area contributed by atoms with Gasteiger partial charge in [-0.3, -0.25) is 9.59 Å². The minimum atomic E-state index is -0.569. The molecule has 1 unspecified atom stereocenters. The maximum absolute atomic E-state index is 12.7. The zero-order valence-electron chi connectivity index (χ0n) is 12.9. The van der Waals surface area contributed by atoms with Crippen LogP contribution in [-0.2, 0) is 10.2 Å². The summed E-state index contributed by atoms with van der Waals surface area (Å²) in [6.07, 6.45) is 2.27. The second-order valence-electron chi connectivity index (χ2n) is 6.84. The molecular weight excluding hydrogens is 264 g/mol. The maximum atomic E-state index is 12.7. The second-order valence-corrected chi connectivity index (χ2v) is 6.84. The molecule has 2 aliphatic heterocycles. The highest BCUT2D eigenvalue weighted by Gasteiger charge is 2.38. The molecule has 0 bridgehead atoms. The summed E-state index contributed by atoms with van der Waals surface area (Å²) in [6, 6.07) is 5.56. The predicted molar refractivity (Wildman–Crippen MR) is 82.4 cm³/mol. The molecule has 1 N–H and O–H groups in total. The molecule has 21 heavy (non-hydrogen) atoms. The van der Waals surface area contributed by atoms with E-state index in [0.717, 1.165) is 30.8 Å². The average molecular weight is 286 g/mol. The number of benzene rings is 1. The number of piperidine rings is 1. The van der Waals surface area contributed by atoms with Crippen LogP contribution in [0.3, 0.4) is 0 Å². The Morgan fingerprint density at radius 1 is 1.38 bits per heavy atom. The Morgan fingerprint density at radius 2 is 2.14 bits per heavy atom. The molecule has 1 fully saturated rings. The van der Waals surface area contributed by atoms with E-state index in [1.165, 1.54) is 6.42 Å². The van der Waals surface area contributed by atoms with Crippen LogP contribution in [0.2, 0.25) is 0 Å². The molecule has 1 aromatic carbocycles. The molecule has 0 aromatic heterocycles. The highest BCUT2D eigenvalue weighted by Crippen LogP contribution is 2.37. The molecule has 112 valence electrons. The lowest BCUT2D eigenvalue weighted by molar-refractivity contribution is -0.119. The van der Waals surface area contributed by atoms with Gasteiger partial charge in [0.2, 0.25) is 5.91 Å². The fraction of sp³-hybridized carbons (Fsp3) is 0.529. The van der Waals surface area contributed by atoms with Crippen LogP contribution in [0.1, 0.15) is 49.5 Å². The summed E-state index contributed by atoms with van der Waals surface area (Å²) in [5, 5.41) is 2.88. The van der Waals surface area contributed by atoms with E-state index in [-0.39, 0.29) is 11.8 Å². The summed E-state index contributed by atoms with van der Waals surface area (Å²) in [7, 11) is 0. The summed E-state index contributed by atoms with van der Waals surface area (Å²) in [6.45, 7) is 7.64. The van der Waals surface area contributed by atoms with Crippen molar-refractivity contribution in [3.05, 3.63) is 29.3 Å². The summed E-state index contributed by atoms with van der Waals surface area (Å²) >= 11 is 0. The average Bonchev–Trinajstić information content (AvgIpc) is 2.68. The van der Waals surface area contributed by atoms with Gasteiger partial charge < -0.3 is 10.2 Å². The Kier molecular flexibility index (Phi) is 3.27. The first-order chi connectivity index (χ1) is 9.89. The molecule has 0 saturated carbocycles. The third-order valence-corrected chi connectivity index (χ3v) is 4.70. The topological polar surface area (TPSA) is 49.4 Å². The molecule has 3 rings (SSSR count). The van der Waals surface area contributed by atoms with Crippen molar-refractivity contribution < 1.29 is 9.59 Å². The van der Waals surface area contributed by atoms with Gasteiger partial charge in [-0.15, -0.1) is 0 Å². The molecular formula is C17H22N2O2. The van der Waals surface area contributed by atoms with E-state index >= 15 is 0 Å². The number of carbonyl (C=O) groups is 2. The number of fused-ring (bicyclic) bond motifs is 1. The lowest BCUT2D eigenvalue weighted by Crippen LogP contribution is -2.39. The molecule has 0 radical (unpaired) electrons. The minimum absolute atomic E-state index is 0.00584. The van der Waals surface area contributed by atoms with E-state index in [2.05, 4.69) is 12.2 Å². The molecule has 2 aliphatic rings. The number of nitrogens with zero attached hydrogens (tertiary/aromatic N) is 1. The predicted octanol–water partition coefficient (Wildman–Crippen LogP) is 2.79. The lowest BCUT2D eigenvalue weighted by atomic mass is 9.85. The van der Waals surface area contributed by atoms with Gasteiger partial charge in [0, 0.05) is 24.3 Å². The first-order valence-electron chi connectivity index (χ1n) is 7.65. The van der Waals surface area contributed by atoms with Gasteiger partial charge in [0.15, 0.2) is 0 Å². The van der Waals surface area contributed by atoms with Crippen molar-refractivity contribution in [1.29, 1.82) is 0 Å². The summed E-state index contributed by atoms with van der Waals surface area (Å²) in [4.78, 5) is 26.6. The van der Waals surface area contributed by atoms with E-state index in [1.807, 2.05) is 36.9 Å². The highest BCUT2D eigenvalue weighted by molar-refractivity contribution is 6.07. The normalized spacial score (nSPS) is 23.7. The number of likely N-dealkylation sites (tertiary alicyclic amines) is 1. The Bertz CT molecular complexity index is 607. The van der Waals surface area contributed by atoms with Gasteiger partial charge in [-0.1, -0.05) is 6.92 Å². The van der Waals surface area contributed by atoms with Crippen LogP contribution in [0.4, 0.5) is 5.69 Å². The van der Waals surface area contributed by atoms with Gasteiger partial charge in [-0.25, -0.2) is 0 Å². The van der Waals surface area contributed by atoms with Crippen LogP contribution < -0.4 is 5.32 Å². The Balaban J connectivity index is 1.89. The summed E-state index contributed by atoms with van der Waals surface area (Å²) in [5.41, 5.74) is 1.87. The maximum Gasteiger partial charge on any atom is 0.253 e. The van der Waals surface area contributed by atoms with E-state index in [0.29, 0.717) is 11.5 Å². The largest absolute Gasteiger partial charge is 0.338 e. The highest BCUT2D eigenvalue weighted by atomic mass is 16.2. The van der Waals surface area contributed by atoms with E-state index < -0.39 is 5.41 Å². The van der Waals surface area contributed by atoms with Gasteiger partial charge in [0.1, 0.15) is 0 Å². The minimum Gasteiger partial charge on any atom is -0.338 e. The molecule has 0 spiro atoms. The molecule has 2 amide bonds. The standard InChI is InChI=1S/C17H22N2O2/c1-11-5-4-8-19(10-11)15(20)12-6-7-14-13(9-12)17(2,3)16(21)18-14/h6-7,9,11H,4-5,8,10H2,1-3H3,(H,18,21). The van der Waals surface area contributed by atoms with Crippen molar-refractivity contribution in [2.45, 2.75) is 39.0 Å². The molecule has 4 heteroatoms. The van der Waals surface area contributed by atoms with Gasteiger partial charge in [-0.2, -0.15) is 0 Å². The zero-order chi connectivity index (χ0) is 15.2. The van der Waals surface area contributed by atoms with Crippen LogP contribution in [0.5, 0.6) is 0 Å². The van der Waals surface area contributed by atoms with Crippen molar-refractivity contribution in [2.24, 2.45) is 5.92 Å². The quantitative estimate of drug-likeness (QED) is 0.863. The van der Waals surface area contributed by atoms with E-state index in [9.17, 15) is 9.59 Å². The Hall–Kier alpha value is -1.84. The third kappa shape index (κ3) is 2.33. The van der Waals surface area contributed by atoms with Crippen molar-refractivity contribution >= 4 is 17.5 Å². The number of hydrogen-bond donors (Lipinski definition) is 1. The van der Waals surface area contributed by atoms with Gasteiger partial charge in [0.25, 0.3) is 5.91 Å². The lowest BCUT2D eigenvalue weighted by Gasteiger charge is -2.31. The van der Waals surface area contributed by atoms with Crippen molar-refractivity contribution in [3.63, 3.8) is 0 Å². The van der Waals surface area contributed by atoms with E-state index in [4.69, 9.17) is 0 Å². The van der Waals surface area contributed by atoms with E-state index in [1.54, 1.807) is 0 Å². The van der Waals surface area contributed by atoms with Crippen LogP contribution in [0.15, 0.2) is 18.2 Å². The summed E-state index contributed by atoms with van der Waals surface area (Å²) < 4.78 is 0.